The second-order valence-corrected chi connectivity index (χ2v) is 4.06. The number of amides is 1. The molecule has 1 heterocycles. The SMILES string of the molecule is CCCNC1C(=O)Nc2cc(OCC)ccc21. The fourth-order valence-electron chi connectivity index (χ4n) is 1.99. The van der Waals surface area contributed by atoms with Crippen LogP contribution in [-0.2, 0) is 4.79 Å². The van der Waals surface area contributed by atoms with Gasteiger partial charge in [0.1, 0.15) is 11.8 Å². The molecule has 0 aromatic heterocycles. The highest BCUT2D eigenvalue weighted by atomic mass is 16.5. The summed E-state index contributed by atoms with van der Waals surface area (Å²) in [6.07, 6.45) is 1.01. The Labute approximate surface area is 101 Å². The zero-order valence-corrected chi connectivity index (χ0v) is 10.2. The van der Waals surface area contributed by atoms with Crippen LogP contribution in [0.2, 0.25) is 0 Å². The van der Waals surface area contributed by atoms with Crippen LogP contribution >= 0.6 is 0 Å². The topological polar surface area (TPSA) is 50.4 Å². The number of rotatable bonds is 5. The lowest BCUT2D eigenvalue weighted by Gasteiger charge is -2.10. The first-order valence-electron chi connectivity index (χ1n) is 6.07. The Hall–Kier alpha value is -1.55. The Morgan fingerprint density at radius 1 is 1.41 bits per heavy atom. The van der Waals surface area contributed by atoms with E-state index in [0.717, 1.165) is 30.0 Å². The van der Waals surface area contributed by atoms with Crippen LogP contribution in [0.1, 0.15) is 31.9 Å². The van der Waals surface area contributed by atoms with E-state index in [2.05, 4.69) is 17.6 Å². The van der Waals surface area contributed by atoms with Crippen molar-refractivity contribution in [1.82, 2.24) is 5.32 Å². The number of fused-ring (bicyclic) bond motifs is 1. The highest BCUT2D eigenvalue weighted by molar-refractivity contribution is 6.02. The smallest absolute Gasteiger partial charge is 0.246 e. The van der Waals surface area contributed by atoms with Crippen LogP contribution in [0.5, 0.6) is 5.75 Å². The lowest BCUT2D eigenvalue weighted by molar-refractivity contribution is -0.117. The normalized spacial score (nSPS) is 17.8. The zero-order chi connectivity index (χ0) is 12.3. The van der Waals surface area contributed by atoms with E-state index in [1.807, 2.05) is 25.1 Å². The molecule has 1 aliphatic rings. The third-order valence-electron chi connectivity index (χ3n) is 2.77. The largest absolute Gasteiger partial charge is 0.494 e. The van der Waals surface area contributed by atoms with Gasteiger partial charge in [-0.15, -0.1) is 0 Å². The summed E-state index contributed by atoms with van der Waals surface area (Å²) in [6.45, 7) is 5.49. The quantitative estimate of drug-likeness (QED) is 0.820. The van der Waals surface area contributed by atoms with E-state index in [9.17, 15) is 4.79 Å². The number of anilines is 1. The highest BCUT2D eigenvalue weighted by Gasteiger charge is 2.29. The molecular formula is C13H18N2O2. The molecule has 0 fully saturated rings. The third kappa shape index (κ3) is 2.42. The molecule has 1 unspecified atom stereocenters. The molecule has 0 aliphatic carbocycles. The molecule has 0 saturated carbocycles. The van der Waals surface area contributed by atoms with Crippen LogP contribution in [0, 0.1) is 0 Å². The first kappa shape index (κ1) is 11.9. The van der Waals surface area contributed by atoms with Crippen LogP contribution < -0.4 is 15.4 Å². The first-order chi connectivity index (χ1) is 8.26. The van der Waals surface area contributed by atoms with Crippen molar-refractivity contribution in [3.8, 4) is 5.75 Å². The van der Waals surface area contributed by atoms with Crippen LogP contribution in [0.25, 0.3) is 0 Å². The van der Waals surface area contributed by atoms with Gasteiger partial charge in [0.15, 0.2) is 0 Å². The highest BCUT2D eigenvalue weighted by Crippen LogP contribution is 2.33. The van der Waals surface area contributed by atoms with E-state index in [1.54, 1.807) is 0 Å². The minimum Gasteiger partial charge on any atom is -0.494 e. The molecule has 17 heavy (non-hydrogen) atoms. The monoisotopic (exact) mass is 234 g/mol. The Morgan fingerprint density at radius 2 is 2.24 bits per heavy atom. The van der Waals surface area contributed by atoms with Gasteiger partial charge in [0, 0.05) is 17.3 Å². The maximum Gasteiger partial charge on any atom is 0.246 e. The molecule has 0 saturated heterocycles. The Bertz CT molecular complexity index is 418. The summed E-state index contributed by atoms with van der Waals surface area (Å²) in [4.78, 5) is 11.8. The molecule has 0 spiro atoms. The fraction of sp³-hybridized carbons (Fsp3) is 0.462. The Kier molecular flexibility index (Phi) is 3.64. The summed E-state index contributed by atoms with van der Waals surface area (Å²) in [6, 6.07) is 5.51. The minimum absolute atomic E-state index is 0.0158. The van der Waals surface area contributed by atoms with E-state index < -0.39 is 0 Å². The van der Waals surface area contributed by atoms with Gasteiger partial charge in [-0.1, -0.05) is 13.0 Å². The minimum atomic E-state index is -0.222. The number of hydrogen-bond acceptors (Lipinski definition) is 3. The summed E-state index contributed by atoms with van der Waals surface area (Å²) in [5.74, 6) is 0.810. The molecule has 1 atom stereocenters. The first-order valence-corrected chi connectivity index (χ1v) is 6.07. The van der Waals surface area contributed by atoms with E-state index in [1.165, 1.54) is 0 Å². The summed E-state index contributed by atoms with van der Waals surface area (Å²) in [5.41, 5.74) is 1.86. The van der Waals surface area contributed by atoms with Crippen molar-refractivity contribution in [3.05, 3.63) is 23.8 Å². The molecule has 4 nitrogen and oxygen atoms in total. The van der Waals surface area contributed by atoms with Gasteiger partial charge in [-0.05, 0) is 26.0 Å². The van der Waals surface area contributed by atoms with Gasteiger partial charge in [-0.3, -0.25) is 4.79 Å². The second kappa shape index (κ2) is 5.19. The van der Waals surface area contributed by atoms with Crippen molar-refractivity contribution >= 4 is 11.6 Å². The van der Waals surface area contributed by atoms with E-state index in [-0.39, 0.29) is 11.9 Å². The molecule has 92 valence electrons. The molecular weight excluding hydrogens is 216 g/mol. The van der Waals surface area contributed by atoms with E-state index in [0.29, 0.717) is 6.61 Å². The van der Waals surface area contributed by atoms with Gasteiger partial charge in [0.05, 0.1) is 6.61 Å². The lowest BCUT2D eigenvalue weighted by Crippen LogP contribution is -2.27. The second-order valence-electron chi connectivity index (χ2n) is 4.06. The fourth-order valence-corrected chi connectivity index (χ4v) is 1.99. The molecule has 1 aromatic rings. The maximum atomic E-state index is 11.8. The molecule has 4 heteroatoms. The number of carbonyl (C=O) groups is 1. The molecule has 0 bridgehead atoms. The molecule has 1 aliphatic heterocycles. The number of benzene rings is 1. The standard InChI is InChI=1S/C13H18N2O2/c1-3-7-14-12-10-6-5-9(17-4-2)8-11(10)15-13(12)16/h5-6,8,12,14H,3-4,7H2,1-2H3,(H,15,16). The van der Waals surface area contributed by atoms with E-state index in [4.69, 9.17) is 4.74 Å². The Morgan fingerprint density at radius 3 is 2.94 bits per heavy atom. The van der Waals surface area contributed by atoms with Crippen LogP contribution in [0.15, 0.2) is 18.2 Å². The van der Waals surface area contributed by atoms with Gasteiger partial charge in [-0.25, -0.2) is 0 Å². The maximum absolute atomic E-state index is 11.8. The van der Waals surface area contributed by atoms with Gasteiger partial charge in [-0.2, -0.15) is 0 Å². The molecule has 1 amide bonds. The summed E-state index contributed by atoms with van der Waals surface area (Å²) >= 11 is 0. The van der Waals surface area contributed by atoms with Gasteiger partial charge in [0.2, 0.25) is 5.91 Å². The van der Waals surface area contributed by atoms with E-state index >= 15 is 0 Å². The molecule has 2 rings (SSSR count). The van der Waals surface area contributed by atoms with Crippen LogP contribution in [-0.4, -0.2) is 19.1 Å². The van der Waals surface area contributed by atoms with Crippen molar-refractivity contribution in [2.75, 3.05) is 18.5 Å². The summed E-state index contributed by atoms with van der Waals surface area (Å²) in [5, 5.41) is 6.11. The van der Waals surface area contributed by atoms with Gasteiger partial charge >= 0.3 is 0 Å². The van der Waals surface area contributed by atoms with Crippen molar-refractivity contribution < 1.29 is 9.53 Å². The average Bonchev–Trinajstić information content (AvgIpc) is 2.62. The number of hydrogen-bond donors (Lipinski definition) is 2. The number of ether oxygens (including phenoxy) is 1. The number of nitrogens with one attached hydrogen (secondary N) is 2. The predicted molar refractivity (Wildman–Crippen MR) is 67.3 cm³/mol. The molecule has 0 radical (unpaired) electrons. The molecule has 2 N–H and O–H groups in total. The van der Waals surface area contributed by atoms with Gasteiger partial charge < -0.3 is 15.4 Å². The zero-order valence-electron chi connectivity index (χ0n) is 10.2. The van der Waals surface area contributed by atoms with Crippen LogP contribution in [0.3, 0.4) is 0 Å². The van der Waals surface area contributed by atoms with Crippen LogP contribution in [0.4, 0.5) is 5.69 Å². The predicted octanol–water partition coefficient (Wildman–Crippen LogP) is 2.08. The molecule has 1 aromatic carbocycles. The van der Waals surface area contributed by atoms with Crippen molar-refractivity contribution in [2.45, 2.75) is 26.3 Å². The lowest BCUT2D eigenvalue weighted by atomic mass is 10.1. The summed E-state index contributed by atoms with van der Waals surface area (Å²) in [7, 11) is 0. The van der Waals surface area contributed by atoms with Crippen molar-refractivity contribution in [3.63, 3.8) is 0 Å². The third-order valence-corrected chi connectivity index (χ3v) is 2.77. The average molecular weight is 234 g/mol. The number of carbonyl (C=O) groups excluding carboxylic acids is 1. The van der Waals surface area contributed by atoms with Crippen molar-refractivity contribution in [1.29, 1.82) is 0 Å². The summed E-state index contributed by atoms with van der Waals surface area (Å²) < 4.78 is 5.41. The van der Waals surface area contributed by atoms with Crippen molar-refractivity contribution in [2.24, 2.45) is 0 Å². The van der Waals surface area contributed by atoms with Gasteiger partial charge in [0.25, 0.3) is 0 Å². The Balaban J connectivity index is 2.19.